The molecule has 1 aliphatic carbocycles. The number of thiocarbonyl (C=S) groups is 1. The second-order valence-electron chi connectivity index (χ2n) is 6.06. The Morgan fingerprint density at radius 3 is 2.60 bits per heavy atom. The molecule has 0 atom stereocenters. The lowest BCUT2D eigenvalue weighted by Crippen LogP contribution is -2.27. The number of nitrogens with one attached hydrogen (secondary N) is 1. The van der Waals surface area contributed by atoms with E-state index in [1.165, 1.54) is 44.1 Å². The molecule has 0 unspecified atom stereocenters. The molecule has 1 fully saturated rings. The van der Waals surface area contributed by atoms with E-state index >= 15 is 0 Å². The fourth-order valence-electron chi connectivity index (χ4n) is 3.22. The summed E-state index contributed by atoms with van der Waals surface area (Å²) in [5, 5.41) is 3.67. The standard InChI is InChI=1S/C17H26N2S/c1-3-4-13-6-8-14(9-7-13)19-16-11-12(2)5-10-15(16)17(18)20/h5,10-11,13-14,19H,3-4,6-9H2,1-2H3,(H2,18,20). The molecule has 110 valence electrons. The van der Waals surface area contributed by atoms with E-state index in [9.17, 15) is 0 Å². The maximum Gasteiger partial charge on any atom is 0.106 e. The molecule has 1 aromatic carbocycles. The molecule has 3 heteroatoms. The van der Waals surface area contributed by atoms with Crippen molar-refractivity contribution in [3.05, 3.63) is 29.3 Å². The monoisotopic (exact) mass is 290 g/mol. The van der Waals surface area contributed by atoms with Crippen LogP contribution in [0.5, 0.6) is 0 Å². The summed E-state index contributed by atoms with van der Waals surface area (Å²) in [7, 11) is 0. The van der Waals surface area contributed by atoms with Crippen LogP contribution >= 0.6 is 12.2 Å². The van der Waals surface area contributed by atoms with Gasteiger partial charge >= 0.3 is 0 Å². The van der Waals surface area contributed by atoms with Gasteiger partial charge in [-0.15, -0.1) is 0 Å². The fourth-order valence-corrected chi connectivity index (χ4v) is 3.39. The van der Waals surface area contributed by atoms with Gasteiger partial charge in [0.15, 0.2) is 0 Å². The van der Waals surface area contributed by atoms with Crippen LogP contribution < -0.4 is 11.1 Å². The zero-order valence-corrected chi connectivity index (χ0v) is 13.4. The molecule has 2 rings (SSSR count). The maximum absolute atomic E-state index is 5.82. The molecular weight excluding hydrogens is 264 g/mol. The van der Waals surface area contributed by atoms with Gasteiger partial charge in [0.2, 0.25) is 0 Å². The van der Waals surface area contributed by atoms with Crippen LogP contribution in [0, 0.1) is 12.8 Å². The van der Waals surface area contributed by atoms with Crippen LogP contribution in [-0.4, -0.2) is 11.0 Å². The van der Waals surface area contributed by atoms with Crippen molar-refractivity contribution in [1.29, 1.82) is 0 Å². The van der Waals surface area contributed by atoms with E-state index in [1.54, 1.807) is 0 Å². The molecule has 0 radical (unpaired) electrons. The molecule has 0 saturated heterocycles. The van der Waals surface area contributed by atoms with Crippen LogP contribution in [0.2, 0.25) is 0 Å². The number of rotatable bonds is 5. The minimum Gasteiger partial charge on any atom is -0.389 e. The van der Waals surface area contributed by atoms with Gasteiger partial charge in [-0.2, -0.15) is 0 Å². The van der Waals surface area contributed by atoms with Crippen molar-refractivity contribution in [3.63, 3.8) is 0 Å². The Bertz CT molecular complexity index is 462. The van der Waals surface area contributed by atoms with Gasteiger partial charge in [-0.25, -0.2) is 0 Å². The quantitative estimate of drug-likeness (QED) is 0.789. The largest absolute Gasteiger partial charge is 0.389 e. The van der Waals surface area contributed by atoms with Crippen molar-refractivity contribution in [2.45, 2.75) is 58.4 Å². The smallest absolute Gasteiger partial charge is 0.106 e. The second-order valence-corrected chi connectivity index (χ2v) is 6.50. The maximum atomic E-state index is 5.82. The average Bonchev–Trinajstić information content (AvgIpc) is 2.41. The predicted molar refractivity (Wildman–Crippen MR) is 91.3 cm³/mol. The summed E-state index contributed by atoms with van der Waals surface area (Å²) >= 11 is 5.15. The molecule has 3 N–H and O–H groups in total. The van der Waals surface area contributed by atoms with Crippen LogP contribution in [0.1, 0.15) is 56.6 Å². The van der Waals surface area contributed by atoms with Crippen LogP contribution in [0.4, 0.5) is 5.69 Å². The zero-order valence-electron chi connectivity index (χ0n) is 12.6. The van der Waals surface area contributed by atoms with Crippen molar-refractivity contribution in [3.8, 4) is 0 Å². The fraction of sp³-hybridized carbons (Fsp3) is 0.588. The molecule has 0 bridgehead atoms. The first kappa shape index (κ1) is 15.3. The van der Waals surface area contributed by atoms with Crippen molar-refractivity contribution in [2.24, 2.45) is 11.7 Å². The summed E-state index contributed by atoms with van der Waals surface area (Å²) in [6, 6.07) is 6.82. The van der Waals surface area contributed by atoms with Crippen LogP contribution in [-0.2, 0) is 0 Å². The van der Waals surface area contributed by atoms with Gasteiger partial charge in [-0.05, 0) is 56.2 Å². The van der Waals surface area contributed by atoms with Crippen molar-refractivity contribution >= 4 is 22.9 Å². The molecule has 0 spiro atoms. The lowest BCUT2D eigenvalue weighted by Gasteiger charge is -2.30. The Morgan fingerprint density at radius 2 is 2.00 bits per heavy atom. The van der Waals surface area contributed by atoms with Gasteiger partial charge < -0.3 is 11.1 Å². The molecule has 0 aromatic heterocycles. The van der Waals surface area contributed by atoms with Gasteiger partial charge in [0.1, 0.15) is 4.99 Å². The minimum atomic E-state index is 0.479. The van der Waals surface area contributed by atoms with Crippen LogP contribution in [0.25, 0.3) is 0 Å². The molecule has 0 amide bonds. The number of benzene rings is 1. The van der Waals surface area contributed by atoms with E-state index in [0.717, 1.165) is 17.2 Å². The minimum absolute atomic E-state index is 0.479. The Kier molecular flexibility index (Phi) is 5.41. The van der Waals surface area contributed by atoms with Crippen LogP contribution in [0.3, 0.4) is 0 Å². The molecule has 1 aliphatic rings. The van der Waals surface area contributed by atoms with E-state index in [2.05, 4.69) is 31.3 Å². The van der Waals surface area contributed by atoms with Gasteiger partial charge in [0.25, 0.3) is 0 Å². The molecule has 20 heavy (non-hydrogen) atoms. The first-order chi connectivity index (χ1) is 9.60. The summed E-state index contributed by atoms with van der Waals surface area (Å²) < 4.78 is 0. The molecule has 1 aromatic rings. The first-order valence-corrected chi connectivity index (χ1v) is 8.18. The third-order valence-corrected chi connectivity index (χ3v) is 4.56. The van der Waals surface area contributed by atoms with Gasteiger partial charge in [-0.3, -0.25) is 0 Å². The normalized spacial score (nSPS) is 22.5. The Morgan fingerprint density at radius 1 is 1.30 bits per heavy atom. The molecule has 0 heterocycles. The Balaban J connectivity index is 2.00. The van der Waals surface area contributed by atoms with Crippen molar-refractivity contribution < 1.29 is 0 Å². The third kappa shape index (κ3) is 3.95. The second kappa shape index (κ2) is 7.07. The Labute approximate surface area is 128 Å². The van der Waals surface area contributed by atoms with Crippen LogP contribution in [0.15, 0.2) is 18.2 Å². The molecule has 1 saturated carbocycles. The van der Waals surface area contributed by atoms with Gasteiger partial charge in [-0.1, -0.05) is 38.0 Å². The summed E-state index contributed by atoms with van der Waals surface area (Å²) in [4.78, 5) is 0.479. The molecule has 0 aliphatic heterocycles. The molecule has 2 nitrogen and oxygen atoms in total. The van der Waals surface area contributed by atoms with Crippen molar-refractivity contribution in [2.75, 3.05) is 5.32 Å². The van der Waals surface area contributed by atoms with Gasteiger partial charge in [0, 0.05) is 17.3 Å². The third-order valence-electron chi connectivity index (χ3n) is 4.34. The van der Waals surface area contributed by atoms with E-state index in [0.29, 0.717) is 11.0 Å². The highest BCUT2D eigenvalue weighted by Crippen LogP contribution is 2.30. The van der Waals surface area contributed by atoms with E-state index in [1.807, 2.05) is 6.07 Å². The first-order valence-electron chi connectivity index (χ1n) is 7.77. The number of nitrogens with two attached hydrogens (primary N) is 1. The van der Waals surface area contributed by atoms with E-state index < -0.39 is 0 Å². The highest BCUT2D eigenvalue weighted by Gasteiger charge is 2.21. The van der Waals surface area contributed by atoms with E-state index in [4.69, 9.17) is 18.0 Å². The summed E-state index contributed by atoms with van der Waals surface area (Å²) in [5.41, 5.74) is 9.15. The topological polar surface area (TPSA) is 38.0 Å². The zero-order chi connectivity index (χ0) is 14.5. The SMILES string of the molecule is CCCC1CCC(Nc2cc(C)ccc2C(N)=S)CC1. The summed E-state index contributed by atoms with van der Waals surface area (Å²) in [5.74, 6) is 0.936. The summed E-state index contributed by atoms with van der Waals surface area (Å²) in [6.07, 6.45) is 7.91. The highest BCUT2D eigenvalue weighted by atomic mass is 32.1. The van der Waals surface area contributed by atoms with E-state index in [-0.39, 0.29) is 0 Å². The number of hydrogen-bond acceptors (Lipinski definition) is 2. The number of hydrogen-bond donors (Lipinski definition) is 2. The lowest BCUT2D eigenvalue weighted by atomic mass is 9.83. The predicted octanol–water partition coefficient (Wildman–Crippen LogP) is 4.40. The molecular formula is C17H26N2S. The Hall–Kier alpha value is -1.09. The highest BCUT2D eigenvalue weighted by molar-refractivity contribution is 7.80. The van der Waals surface area contributed by atoms with Gasteiger partial charge in [0.05, 0.1) is 0 Å². The lowest BCUT2D eigenvalue weighted by molar-refractivity contribution is 0.319. The number of aryl methyl sites for hydroxylation is 1. The summed E-state index contributed by atoms with van der Waals surface area (Å²) in [6.45, 7) is 4.39. The average molecular weight is 290 g/mol. The van der Waals surface area contributed by atoms with Crippen molar-refractivity contribution in [1.82, 2.24) is 0 Å². The number of anilines is 1.